The summed E-state index contributed by atoms with van der Waals surface area (Å²) in [6.45, 7) is 0. The van der Waals surface area contributed by atoms with Gasteiger partial charge in [-0.2, -0.15) is 5.26 Å². The highest BCUT2D eigenvalue weighted by atomic mass is 16.5. The van der Waals surface area contributed by atoms with E-state index in [-0.39, 0.29) is 11.3 Å². The van der Waals surface area contributed by atoms with Gasteiger partial charge in [0.2, 0.25) is 0 Å². The van der Waals surface area contributed by atoms with Crippen LogP contribution in [0.1, 0.15) is 5.56 Å². The van der Waals surface area contributed by atoms with Gasteiger partial charge < -0.3 is 15.2 Å². The Balaban J connectivity index is 2.23. The van der Waals surface area contributed by atoms with Crippen LogP contribution in [0, 0.1) is 11.3 Å². The van der Waals surface area contributed by atoms with Crippen LogP contribution in [0.25, 0.3) is 6.08 Å². The number of nitriles is 1. The molecule has 0 saturated carbocycles. The molecule has 0 fully saturated rings. The number of anilines is 1. The van der Waals surface area contributed by atoms with Crippen LogP contribution in [0.2, 0.25) is 0 Å². The number of hydrogen-bond donors (Lipinski definition) is 2. The maximum absolute atomic E-state index is 12.1. The fraction of sp³-hybridized carbons (Fsp3) is 0.0588. The fourth-order valence-electron chi connectivity index (χ4n) is 1.81. The molecule has 0 saturated heterocycles. The number of para-hydroxylation sites is 1. The van der Waals surface area contributed by atoms with Crippen molar-refractivity contribution in [3.63, 3.8) is 0 Å². The smallest absolute Gasteiger partial charge is 0.266 e. The first kappa shape index (κ1) is 15.1. The van der Waals surface area contributed by atoms with Crippen molar-refractivity contribution in [3.8, 4) is 17.6 Å². The number of nitrogens with one attached hydrogen (secondary N) is 1. The second kappa shape index (κ2) is 6.95. The molecule has 5 nitrogen and oxygen atoms in total. The molecule has 110 valence electrons. The van der Waals surface area contributed by atoms with E-state index in [1.54, 1.807) is 42.5 Å². The molecule has 0 atom stereocenters. The number of nitrogens with zero attached hydrogens (tertiary/aromatic N) is 1. The molecule has 22 heavy (non-hydrogen) atoms. The van der Waals surface area contributed by atoms with Crippen molar-refractivity contribution in [2.45, 2.75) is 0 Å². The number of carbonyl (C=O) groups is 1. The Labute approximate surface area is 128 Å². The minimum atomic E-state index is -0.556. The average molecular weight is 294 g/mol. The van der Waals surface area contributed by atoms with Crippen LogP contribution in [0.5, 0.6) is 11.5 Å². The first-order valence-electron chi connectivity index (χ1n) is 6.49. The highest BCUT2D eigenvalue weighted by molar-refractivity contribution is 6.09. The first-order chi connectivity index (χ1) is 10.6. The third-order valence-corrected chi connectivity index (χ3v) is 2.93. The van der Waals surface area contributed by atoms with Crippen molar-refractivity contribution in [1.82, 2.24) is 0 Å². The summed E-state index contributed by atoms with van der Waals surface area (Å²) in [5.41, 5.74) is 0.812. The van der Waals surface area contributed by atoms with Gasteiger partial charge in [-0.05, 0) is 24.3 Å². The molecule has 0 radical (unpaired) electrons. The van der Waals surface area contributed by atoms with E-state index in [0.29, 0.717) is 17.0 Å². The summed E-state index contributed by atoms with van der Waals surface area (Å²) < 4.78 is 5.07. The number of hydrogen-bond acceptors (Lipinski definition) is 4. The Morgan fingerprint density at radius 2 is 2.05 bits per heavy atom. The zero-order valence-electron chi connectivity index (χ0n) is 11.9. The Hall–Kier alpha value is -3.26. The van der Waals surface area contributed by atoms with Crippen LogP contribution in [-0.4, -0.2) is 18.1 Å². The first-order valence-corrected chi connectivity index (χ1v) is 6.49. The van der Waals surface area contributed by atoms with Gasteiger partial charge in [0.05, 0.1) is 7.11 Å². The number of methoxy groups -OCH3 is 1. The van der Waals surface area contributed by atoms with Crippen LogP contribution < -0.4 is 10.1 Å². The van der Waals surface area contributed by atoms with Crippen molar-refractivity contribution >= 4 is 17.7 Å². The largest absolute Gasteiger partial charge is 0.507 e. The number of phenolic OH excluding ortho intramolecular Hbond substituents is 1. The number of amides is 1. The van der Waals surface area contributed by atoms with E-state index in [1.165, 1.54) is 19.3 Å². The number of ether oxygens (including phenoxy) is 1. The molecule has 2 N–H and O–H groups in total. The highest BCUT2D eigenvalue weighted by Crippen LogP contribution is 2.20. The molecule has 0 unspecified atom stereocenters. The van der Waals surface area contributed by atoms with Gasteiger partial charge in [0.1, 0.15) is 23.1 Å². The Kier molecular flexibility index (Phi) is 4.78. The summed E-state index contributed by atoms with van der Waals surface area (Å²) >= 11 is 0. The Morgan fingerprint density at radius 3 is 2.73 bits per heavy atom. The minimum absolute atomic E-state index is 0.00410. The van der Waals surface area contributed by atoms with Crippen LogP contribution in [0.3, 0.4) is 0 Å². The highest BCUT2D eigenvalue weighted by Gasteiger charge is 2.11. The number of carbonyl (C=O) groups excluding carboxylic acids is 1. The topological polar surface area (TPSA) is 82.3 Å². The molecule has 2 aromatic rings. The minimum Gasteiger partial charge on any atom is -0.507 e. The summed E-state index contributed by atoms with van der Waals surface area (Å²) in [4.78, 5) is 12.1. The lowest BCUT2D eigenvalue weighted by Crippen LogP contribution is -2.13. The van der Waals surface area contributed by atoms with Gasteiger partial charge in [-0.3, -0.25) is 4.79 Å². The monoisotopic (exact) mass is 294 g/mol. The molecule has 0 aliphatic carbocycles. The third-order valence-electron chi connectivity index (χ3n) is 2.93. The molecule has 0 spiro atoms. The summed E-state index contributed by atoms with van der Waals surface area (Å²) in [6.07, 6.45) is 1.34. The maximum Gasteiger partial charge on any atom is 0.266 e. The zero-order valence-corrected chi connectivity index (χ0v) is 11.9. The number of aromatic hydroxyl groups is 1. The molecule has 2 rings (SSSR count). The number of rotatable bonds is 4. The number of phenols is 1. The van der Waals surface area contributed by atoms with Crippen molar-refractivity contribution in [2.75, 3.05) is 12.4 Å². The van der Waals surface area contributed by atoms with Crippen LogP contribution in [0.15, 0.2) is 54.1 Å². The normalized spacial score (nSPS) is 10.6. The summed E-state index contributed by atoms with van der Waals surface area (Å²) in [7, 11) is 1.53. The SMILES string of the molecule is COc1cccc(NC(=O)/C(C#N)=C/c2ccccc2O)c1. The van der Waals surface area contributed by atoms with E-state index in [4.69, 9.17) is 10.00 Å². The maximum atomic E-state index is 12.1. The molecule has 0 heterocycles. The fourth-order valence-corrected chi connectivity index (χ4v) is 1.81. The van der Waals surface area contributed by atoms with Gasteiger partial charge in [-0.25, -0.2) is 0 Å². The zero-order chi connectivity index (χ0) is 15.9. The van der Waals surface area contributed by atoms with Crippen LogP contribution >= 0.6 is 0 Å². The van der Waals surface area contributed by atoms with Crippen LogP contribution in [-0.2, 0) is 4.79 Å². The van der Waals surface area contributed by atoms with Gasteiger partial charge in [0, 0.05) is 17.3 Å². The Bertz CT molecular complexity index is 760. The van der Waals surface area contributed by atoms with Gasteiger partial charge in [-0.15, -0.1) is 0 Å². The summed E-state index contributed by atoms with van der Waals surface area (Å²) in [5, 5.41) is 21.5. The van der Waals surface area contributed by atoms with E-state index in [9.17, 15) is 9.90 Å². The molecule has 0 aliphatic rings. The molecule has 1 amide bonds. The summed E-state index contributed by atoms with van der Waals surface area (Å²) in [6, 6.07) is 15.1. The van der Waals surface area contributed by atoms with Gasteiger partial charge in [-0.1, -0.05) is 24.3 Å². The molecular formula is C17H14N2O3. The third kappa shape index (κ3) is 3.64. The molecule has 2 aromatic carbocycles. The second-order valence-corrected chi connectivity index (χ2v) is 4.41. The molecule has 0 bridgehead atoms. The van der Waals surface area contributed by atoms with E-state index >= 15 is 0 Å². The summed E-state index contributed by atoms with van der Waals surface area (Å²) in [5.74, 6) is 0.0458. The molecular weight excluding hydrogens is 280 g/mol. The number of benzene rings is 2. The van der Waals surface area contributed by atoms with Crippen molar-refractivity contribution < 1.29 is 14.6 Å². The lowest BCUT2D eigenvalue weighted by Gasteiger charge is -2.06. The molecule has 5 heteroatoms. The predicted molar refractivity (Wildman–Crippen MR) is 83.3 cm³/mol. The van der Waals surface area contributed by atoms with E-state index in [2.05, 4.69) is 5.32 Å². The van der Waals surface area contributed by atoms with E-state index in [0.717, 1.165) is 0 Å². The van der Waals surface area contributed by atoms with Gasteiger partial charge in [0.25, 0.3) is 5.91 Å². The van der Waals surface area contributed by atoms with Crippen molar-refractivity contribution in [3.05, 3.63) is 59.7 Å². The molecule has 0 aromatic heterocycles. The average Bonchev–Trinajstić information content (AvgIpc) is 2.54. The standard InChI is InChI=1S/C17H14N2O3/c1-22-15-7-4-6-14(10-15)19-17(21)13(11-18)9-12-5-2-3-8-16(12)20/h2-10,20H,1H3,(H,19,21)/b13-9+. The van der Waals surface area contributed by atoms with Crippen LogP contribution in [0.4, 0.5) is 5.69 Å². The predicted octanol–water partition coefficient (Wildman–Crippen LogP) is 2.95. The lowest BCUT2D eigenvalue weighted by molar-refractivity contribution is -0.112. The lowest BCUT2D eigenvalue weighted by atomic mass is 10.1. The van der Waals surface area contributed by atoms with Crippen molar-refractivity contribution in [2.24, 2.45) is 0 Å². The van der Waals surface area contributed by atoms with E-state index < -0.39 is 5.91 Å². The van der Waals surface area contributed by atoms with E-state index in [1.807, 2.05) is 6.07 Å². The van der Waals surface area contributed by atoms with Crippen molar-refractivity contribution in [1.29, 1.82) is 5.26 Å². The molecule has 0 aliphatic heterocycles. The van der Waals surface area contributed by atoms with Gasteiger partial charge >= 0.3 is 0 Å². The Morgan fingerprint density at radius 1 is 1.27 bits per heavy atom. The quantitative estimate of drug-likeness (QED) is 0.671. The van der Waals surface area contributed by atoms with Gasteiger partial charge in [0.15, 0.2) is 0 Å². The second-order valence-electron chi connectivity index (χ2n) is 4.41.